The minimum atomic E-state index is -0.456. The standard InChI is InChI=1S/C25H31N5O3S/c1-15(2)30-23(26-14-27-30)24-28-22-19-6-5-16(9-20(19)31-8-7-21(22)34-24)17-10-29(11-17)12-18-13-32-25(3,4)33-18/h5-6,9,14-15,17-18H,7-8,10-13H2,1-4H3/t18-/m0/s1. The van der Waals surface area contributed by atoms with Crippen molar-refractivity contribution in [3.8, 4) is 27.8 Å². The van der Waals surface area contributed by atoms with Crippen molar-refractivity contribution in [2.45, 2.75) is 58.0 Å². The number of benzene rings is 1. The summed E-state index contributed by atoms with van der Waals surface area (Å²) in [5.74, 6) is 1.83. The van der Waals surface area contributed by atoms with Crippen LogP contribution in [-0.4, -0.2) is 69.4 Å². The highest BCUT2D eigenvalue weighted by molar-refractivity contribution is 7.15. The largest absolute Gasteiger partial charge is 0.492 e. The summed E-state index contributed by atoms with van der Waals surface area (Å²) in [6.45, 7) is 12.5. The number of hydrogen-bond acceptors (Lipinski definition) is 8. The third-order valence-electron chi connectivity index (χ3n) is 6.76. The number of ether oxygens (including phenoxy) is 3. The summed E-state index contributed by atoms with van der Waals surface area (Å²) in [5, 5.41) is 5.30. The molecule has 2 aromatic heterocycles. The fraction of sp³-hybridized carbons (Fsp3) is 0.560. The van der Waals surface area contributed by atoms with E-state index in [4.69, 9.17) is 19.2 Å². The van der Waals surface area contributed by atoms with E-state index < -0.39 is 5.79 Å². The lowest BCUT2D eigenvalue weighted by atomic mass is 9.90. The van der Waals surface area contributed by atoms with E-state index in [1.807, 2.05) is 18.5 Å². The van der Waals surface area contributed by atoms with Crippen LogP contribution in [0.5, 0.6) is 5.75 Å². The van der Waals surface area contributed by atoms with Crippen molar-refractivity contribution in [1.82, 2.24) is 24.6 Å². The van der Waals surface area contributed by atoms with E-state index >= 15 is 0 Å². The Morgan fingerprint density at radius 2 is 2.09 bits per heavy atom. The predicted octanol–water partition coefficient (Wildman–Crippen LogP) is 4.14. The van der Waals surface area contributed by atoms with Gasteiger partial charge in [-0.05, 0) is 45.4 Å². The molecular weight excluding hydrogens is 450 g/mol. The molecule has 0 spiro atoms. The van der Waals surface area contributed by atoms with Gasteiger partial charge in [0.2, 0.25) is 0 Å². The van der Waals surface area contributed by atoms with Crippen LogP contribution < -0.4 is 4.74 Å². The number of rotatable bonds is 5. The molecule has 6 rings (SSSR count). The van der Waals surface area contributed by atoms with Crippen LogP contribution in [0.4, 0.5) is 0 Å². The highest BCUT2D eigenvalue weighted by Crippen LogP contribution is 2.42. The molecule has 0 bridgehead atoms. The van der Waals surface area contributed by atoms with E-state index in [0.29, 0.717) is 19.1 Å². The highest BCUT2D eigenvalue weighted by atomic mass is 32.1. The van der Waals surface area contributed by atoms with Gasteiger partial charge in [-0.25, -0.2) is 14.6 Å². The van der Waals surface area contributed by atoms with E-state index in [0.717, 1.165) is 53.9 Å². The van der Waals surface area contributed by atoms with E-state index in [1.54, 1.807) is 17.7 Å². The van der Waals surface area contributed by atoms with Crippen molar-refractivity contribution >= 4 is 11.3 Å². The Balaban J connectivity index is 1.19. The Kier molecular flexibility index (Phi) is 5.48. The maximum atomic E-state index is 6.18. The Morgan fingerprint density at radius 1 is 1.24 bits per heavy atom. The lowest BCUT2D eigenvalue weighted by molar-refractivity contribution is -0.141. The van der Waals surface area contributed by atoms with E-state index in [9.17, 15) is 0 Å². The van der Waals surface area contributed by atoms with Crippen molar-refractivity contribution in [1.29, 1.82) is 0 Å². The van der Waals surface area contributed by atoms with Crippen LogP contribution in [0.2, 0.25) is 0 Å². The first-order valence-electron chi connectivity index (χ1n) is 12.1. The van der Waals surface area contributed by atoms with Crippen LogP contribution in [0.3, 0.4) is 0 Å². The van der Waals surface area contributed by atoms with Gasteiger partial charge in [0, 0.05) is 48.5 Å². The molecular formula is C25H31N5O3S. The van der Waals surface area contributed by atoms with Crippen molar-refractivity contribution in [2.75, 3.05) is 32.8 Å². The normalized spacial score (nSPS) is 22.2. The molecule has 3 aliphatic rings. The average molecular weight is 482 g/mol. The Morgan fingerprint density at radius 3 is 2.85 bits per heavy atom. The summed E-state index contributed by atoms with van der Waals surface area (Å²) in [5.41, 5.74) is 3.43. The summed E-state index contributed by atoms with van der Waals surface area (Å²) >= 11 is 1.70. The summed E-state index contributed by atoms with van der Waals surface area (Å²) in [7, 11) is 0. The minimum absolute atomic E-state index is 0.158. The van der Waals surface area contributed by atoms with Crippen LogP contribution in [0.1, 0.15) is 50.1 Å². The summed E-state index contributed by atoms with van der Waals surface area (Å²) in [4.78, 5) is 13.2. The molecule has 3 aromatic rings. The molecule has 0 saturated carbocycles. The summed E-state index contributed by atoms with van der Waals surface area (Å²) in [6.07, 6.45) is 2.62. The zero-order valence-electron chi connectivity index (χ0n) is 20.2. The lowest BCUT2D eigenvalue weighted by Gasteiger charge is -2.40. The van der Waals surface area contributed by atoms with Gasteiger partial charge in [-0.15, -0.1) is 11.3 Å². The number of nitrogens with zero attached hydrogens (tertiary/aromatic N) is 5. The SMILES string of the molecule is CC(C)n1ncnc1-c1nc2c(s1)CCOc1cc(C3CN(C[C@H]4COC(C)(C)O4)C3)ccc1-2. The van der Waals surface area contributed by atoms with Gasteiger partial charge in [0.25, 0.3) is 0 Å². The molecule has 180 valence electrons. The highest BCUT2D eigenvalue weighted by Gasteiger charge is 2.37. The molecule has 8 nitrogen and oxygen atoms in total. The molecule has 9 heteroatoms. The van der Waals surface area contributed by atoms with Gasteiger partial charge >= 0.3 is 0 Å². The van der Waals surface area contributed by atoms with E-state index in [-0.39, 0.29) is 12.1 Å². The molecule has 0 amide bonds. The van der Waals surface area contributed by atoms with Crippen molar-refractivity contribution in [3.63, 3.8) is 0 Å². The molecule has 1 atom stereocenters. The predicted molar refractivity (Wildman–Crippen MR) is 130 cm³/mol. The van der Waals surface area contributed by atoms with Gasteiger partial charge in [0.15, 0.2) is 16.6 Å². The molecule has 5 heterocycles. The van der Waals surface area contributed by atoms with Gasteiger partial charge in [-0.2, -0.15) is 5.10 Å². The minimum Gasteiger partial charge on any atom is -0.492 e. The zero-order chi connectivity index (χ0) is 23.4. The number of likely N-dealkylation sites (tertiary alicyclic amines) is 1. The van der Waals surface area contributed by atoms with Crippen LogP contribution in [0.15, 0.2) is 24.5 Å². The van der Waals surface area contributed by atoms with Gasteiger partial charge < -0.3 is 14.2 Å². The van der Waals surface area contributed by atoms with Gasteiger partial charge in [0.05, 0.1) is 25.0 Å². The average Bonchev–Trinajstić information content (AvgIpc) is 3.46. The fourth-order valence-corrected chi connectivity index (χ4v) is 6.09. The third kappa shape index (κ3) is 4.04. The van der Waals surface area contributed by atoms with Crippen LogP contribution >= 0.6 is 11.3 Å². The molecule has 0 aliphatic carbocycles. The van der Waals surface area contributed by atoms with E-state index in [2.05, 4.69) is 47.0 Å². The topological polar surface area (TPSA) is 74.5 Å². The molecule has 0 radical (unpaired) electrons. The third-order valence-corrected chi connectivity index (χ3v) is 7.87. The van der Waals surface area contributed by atoms with Gasteiger partial charge in [0.1, 0.15) is 12.1 Å². The Hall–Kier alpha value is -2.33. The second-order valence-corrected chi connectivity index (χ2v) is 11.2. The first-order valence-corrected chi connectivity index (χ1v) is 12.9. The number of aromatic nitrogens is 4. The fourth-order valence-electron chi connectivity index (χ4n) is 5.04. The molecule has 0 N–H and O–H groups in total. The number of fused-ring (bicyclic) bond motifs is 3. The second kappa shape index (κ2) is 8.41. The molecule has 2 saturated heterocycles. The maximum Gasteiger partial charge on any atom is 0.187 e. The summed E-state index contributed by atoms with van der Waals surface area (Å²) in [6, 6.07) is 6.89. The quantitative estimate of drug-likeness (QED) is 0.542. The Bertz CT molecular complexity index is 1200. The van der Waals surface area contributed by atoms with Crippen LogP contribution in [0.25, 0.3) is 22.1 Å². The van der Waals surface area contributed by atoms with Crippen LogP contribution in [0, 0.1) is 0 Å². The zero-order valence-corrected chi connectivity index (χ0v) is 21.0. The first-order chi connectivity index (χ1) is 16.4. The second-order valence-electron chi connectivity index (χ2n) is 10.1. The lowest BCUT2D eigenvalue weighted by Crippen LogP contribution is -2.48. The van der Waals surface area contributed by atoms with Gasteiger partial charge in [-0.3, -0.25) is 4.90 Å². The monoisotopic (exact) mass is 481 g/mol. The number of hydrogen-bond donors (Lipinski definition) is 0. The molecule has 0 unspecified atom stereocenters. The molecule has 3 aliphatic heterocycles. The van der Waals surface area contributed by atoms with Crippen molar-refractivity contribution in [3.05, 3.63) is 35.0 Å². The molecule has 2 fully saturated rings. The smallest absolute Gasteiger partial charge is 0.187 e. The first kappa shape index (κ1) is 22.2. The maximum absolute atomic E-state index is 6.18. The number of thiazole rings is 1. The van der Waals surface area contributed by atoms with Crippen LogP contribution in [-0.2, 0) is 15.9 Å². The van der Waals surface area contributed by atoms with Gasteiger partial charge in [-0.1, -0.05) is 6.07 Å². The van der Waals surface area contributed by atoms with Crippen molar-refractivity contribution < 1.29 is 14.2 Å². The molecule has 34 heavy (non-hydrogen) atoms. The molecule has 1 aromatic carbocycles. The summed E-state index contributed by atoms with van der Waals surface area (Å²) < 4.78 is 19.8. The van der Waals surface area contributed by atoms with Crippen molar-refractivity contribution in [2.24, 2.45) is 0 Å². The van der Waals surface area contributed by atoms with E-state index in [1.165, 1.54) is 10.4 Å². The Labute approximate surface area is 203 Å².